The largest absolute Gasteiger partial charge is 0.355 e. The Morgan fingerprint density at radius 3 is 3.00 bits per heavy atom. The first kappa shape index (κ1) is 17.2. The van der Waals surface area contributed by atoms with Crippen LogP contribution in [0.2, 0.25) is 0 Å². The van der Waals surface area contributed by atoms with E-state index in [9.17, 15) is 4.79 Å². The molecule has 7 nitrogen and oxygen atoms in total. The molecule has 1 atom stereocenters. The summed E-state index contributed by atoms with van der Waals surface area (Å²) in [6.45, 7) is 9.36. The van der Waals surface area contributed by atoms with Crippen LogP contribution >= 0.6 is 0 Å². The van der Waals surface area contributed by atoms with Gasteiger partial charge in [0.2, 0.25) is 5.91 Å². The lowest BCUT2D eigenvalue weighted by Crippen LogP contribution is -2.43. The number of nitrogens with zero attached hydrogens (tertiary/aromatic N) is 3. The summed E-state index contributed by atoms with van der Waals surface area (Å²) in [6.07, 6.45) is 3.28. The SMILES string of the molecule is CCCNC(=O)CN1CCCC(c2cc(N3CCNCC3)n[nH]2)C1. The molecular formula is C17H30N6O. The van der Waals surface area contributed by atoms with Crippen molar-refractivity contribution in [2.75, 3.05) is 57.3 Å². The maximum Gasteiger partial charge on any atom is 0.234 e. The predicted molar refractivity (Wildman–Crippen MR) is 95.4 cm³/mol. The zero-order valence-corrected chi connectivity index (χ0v) is 14.7. The maximum absolute atomic E-state index is 11.9. The first-order valence-corrected chi connectivity index (χ1v) is 9.26. The molecule has 1 aromatic heterocycles. The van der Waals surface area contributed by atoms with Crippen LogP contribution in [0.3, 0.4) is 0 Å². The first-order valence-electron chi connectivity index (χ1n) is 9.26. The van der Waals surface area contributed by atoms with Crippen LogP contribution in [0.1, 0.15) is 37.8 Å². The average molecular weight is 334 g/mol. The molecule has 2 saturated heterocycles. The molecule has 1 aromatic rings. The predicted octanol–water partition coefficient (Wildman–Crippen LogP) is 0.525. The number of rotatable bonds is 6. The Bertz CT molecular complexity index is 525. The highest BCUT2D eigenvalue weighted by Crippen LogP contribution is 2.27. The lowest BCUT2D eigenvalue weighted by atomic mass is 9.95. The highest BCUT2D eigenvalue weighted by atomic mass is 16.2. The third-order valence-electron chi connectivity index (χ3n) is 4.91. The summed E-state index contributed by atoms with van der Waals surface area (Å²) in [6, 6.07) is 2.21. The van der Waals surface area contributed by atoms with Gasteiger partial charge in [0, 0.05) is 56.9 Å². The van der Waals surface area contributed by atoms with Gasteiger partial charge in [0.05, 0.1) is 6.54 Å². The minimum Gasteiger partial charge on any atom is -0.355 e. The second kappa shape index (κ2) is 8.48. The molecule has 2 aliphatic heterocycles. The normalized spacial score (nSPS) is 22.5. The van der Waals surface area contributed by atoms with Gasteiger partial charge in [-0.25, -0.2) is 0 Å². The van der Waals surface area contributed by atoms with E-state index in [1.54, 1.807) is 0 Å². The second-order valence-electron chi connectivity index (χ2n) is 6.84. The summed E-state index contributed by atoms with van der Waals surface area (Å²) in [5.41, 5.74) is 1.21. The van der Waals surface area contributed by atoms with Crippen LogP contribution in [0.15, 0.2) is 6.07 Å². The Morgan fingerprint density at radius 1 is 1.38 bits per heavy atom. The fraction of sp³-hybridized carbons (Fsp3) is 0.765. The number of carbonyl (C=O) groups excluding carboxylic acids is 1. The summed E-state index contributed by atoms with van der Waals surface area (Å²) in [4.78, 5) is 16.5. The van der Waals surface area contributed by atoms with E-state index in [4.69, 9.17) is 0 Å². The Hall–Kier alpha value is -1.60. The molecule has 1 unspecified atom stereocenters. The van der Waals surface area contributed by atoms with Crippen molar-refractivity contribution in [1.82, 2.24) is 25.7 Å². The lowest BCUT2D eigenvalue weighted by molar-refractivity contribution is -0.122. The molecule has 0 aliphatic carbocycles. The van der Waals surface area contributed by atoms with Crippen LogP contribution in [0.5, 0.6) is 0 Å². The van der Waals surface area contributed by atoms with Crippen molar-refractivity contribution in [3.8, 4) is 0 Å². The number of aromatic nitrogens is 2. The van der Waals surface area contributed by atoms with Gasteiger partial charge in [-0.2, -0.15) is 5.10 Å². The van der Waals surface area contributed by atoms with E-state index < -0.39 is 0 Å². The number of H-pyrrole nitrogens is 1. The summed E-state index contributed by atoms with van der Waals surface area (Å²) in [5.74, 6) is 1.65. The van der Waals surface area contributed by atoms with Crippen LogP contribution in [-0.4, -0.2) is 73.4 Å². The van der Waals surface area contributed by atoms with Gasteiger partial charge in [-0.3, -0.25) is 14.8 Å². The molecule has 3 N–H and O–H groups in total. The van der Waals surface area contributed by atoms with Crippen molar-refractivity contribution in [3.63, 3.8) is 0 Å². The van der Waals surface area contributed by atoms with E-state index >= 15 is 0 Å². The number of hydrogen-bond acceptors (Lipinski definition) is 5. The van der Waals surface area contributed by atoms with Gasteiger partial charge in [0.15, 0.2) is 5.82 Å². The number of piperazine rings is 1. The van der Waals surface area contributed by atoms with Crippen LogP contribution < -0.4 is 15.5 Å². The van der Waals surface area contributed by atoms with Crippen LogP contribution in [0, 0.1) is 0 Å². The standard InChI is InChI=1S/C17H30N6O/c1-2-5-19-17(24)13-22-8-3-4-14(12-22)15-11-16(21-20-15)23-9-6-18-7-10-23/h11,14,18H,2-10,12-13H2,1H3,(H,19,24)(H,20,21). The minimum atomic E-state index is 0.142. The molecule has 3 rings (SSSR count). The van der Waals surface area contributed by atoms with Gasteiger partial charge in [0.25, 0.3) is 0 Å². The third-order valence-corrected chi connectivity index (χ3v) is 4.91. The van der Waals surface area contributed by atoms with Gasteiger partial charge in [-0.1, -0.05) is 6.92 Å². The van der Waals surface area contributed by atoms with Crippen molar-refractivity contribution in [3.05, 3.63) is 11.8 Å². The van der Waals surface area contributed by atoms with Gasteiger partial charge in [0.1, 0.15) is 0 Å². The zero-order chi connectivity index (χ0) is 16.8. The summed E-state index contributed by atoms with van der Waals surface area (Å²) in [5, 5.41) is 14.1. The van der Waals surface area contributed by atoms with E-state index in [0.29, 0.717) is 12.5 Å². The Balaban J connectivity index is 1.54. The van der Waals surface area contributed by atoms with Gasteiger partial charge < -0.3 is 15.5 Å². The molecule has 134 valence electrons. The van der Waals surface area contributed by atoms with Crippen molar-refractivity contribution in [2.24, 2.45) is 0 Å². The number of amides is 1. The van der Waals surface area contributed by atoms with Gasteiger partial charge in [-0.15, -0.1) is 0 Å². The van der Waals surface area contributed by atoms with Crippen LogP contribution in [-0.2, 0) is 4.79 Å². The second-order valence-corrected chi connectivity index (χ2v) is 6.84. The van der Waals surface area contributed by atoms with Crippen molar-refractivity contribution in [2.45, 2.75) is 32.1 Å². The Kier molecular flexibility index (Phi) is 6.09. The van der Waals surface area contributed by atoms with E-state index in [2.05, 4.69) is 43.6 Å². The minimum absolute atomic E-state index is 0.142. The molecule has 24 heavy (non-hydrogen) atoms. The van der Waals surface area contributed by atoms with Crippen LogP contribution in [0.25, 0.3) is 0 Å². The molecule has 0 aromatic carbocycles. The number of aromatic amines is 1. The van der Waals surface area contributed by atoms with Gasteiger partial charge in [-0.05, 0) is 25.8 Å². The summed E-state index contributed by atoms with van der Waals surface area (Å²) < 4.78 is 0. The Morgan fingerprint density at radius 2 is 2.21 bits per heavy atom. The fourth-order valence-electron chi connectivity index (χ4n) is 3.57. The number of anilines is 1. The van der Waals surface area contributed by atoms with Crippen molar-refractivity contribution in [1.29, 1.82) is 0 Å². The van der Waals surface area contributed by atoms with E-state index in [1.165, 1.54) is 5.69 Å². The number of likely N-dealkylation sites (tertiary alicyclic amines) is 1. The van der Waals surface area contributed by atoms with E-state index in [0.717, 1.165) is 70.9 Å². The smallest absolute Gasteiger partial charge is 0.234 e. The number of piperidine rings is 1. The first-order chi connectivity index (χ1) is 11.8. The molecule has 0 saturated carbocycles. The molecule has 0 radical (unpaired) electrons. The summed E-state index contributed by atoms with van der Waals surface area (Å²) >= 11 is 0. The molecule has 1 amide bonds. The topological polar surface area (TPSA) is 76.3 Å². The maximum atomic E-state index is 11.9. The molecule has 2 fully saturated rings. The monoisotopic (exact) mass is 334 g/mol. The summed E-state index contributed by atoms with van der Waals surface area (Å²) in [7, 11) is 0. The van der Waals surface area contributed by atoms with Crippen LogP contribution in [0.4, 0.5) is 5.82 Å². The quantitative estimate of drug-likeness (QED) is 0.707. The molecule has 0 spiro atoms. The average Bonchev–Trinajstić information content (AvgIpc) is 3.11. The highest BCUT2D eigenvalue weighted by Gasteiger charge is 2.25. The zero-order valence-electron chi connectivity index (χ0n) is 14.7. The molecule has 7 heteroatoms. The Labute approximate surface area is 144 Å². The van der Waals surface area contributed by atoms with E-state index in [1.807, 2.05) is 0 Å². The number of nitrogens with one attached hydrogen (secondary N) is 3. The highest BCUT2D eigenvalue weighted by molar-refractivity contribution is 5.78. The third kappa shape index (κ3) is 4.48. The fourth-order valence-corrected chi connectivity index (χ4v) is 3.57. The lowest BCUT2D eigenvalue weighted by Gasteiger charge is -2.31. The van der Waals surface area contributed by atoms with E-state index in [-0.39, 0.29) is 5.91 Å². The molecule has 2 aliphatic rings. The number of carbonyl (C=O) groups is 1. The van der Waals surface area contributed by atoms with Crippen molar-refractivity contribution < 1.29 is 4.79 Å². The number of hydrogen-bond donors (Lipinski definition) is 3. The van der Waals surface area contributed by atoms with Gasteiger partial charge >= 0.3 is 0 Å². The van der Waals surface area contributed by atoms with Crippen molar-refractivity contribution >= 4 is 11.7 Å². The molecule has 0 bridgehead atoms. The molecular weight excluding hydrogens is 304 g/mol. The molecule has 3 heterocycles.